The highest BCUT2D eigenvalue weighted by Crippen LogP contribution is 2.21. The van der Waals surface area contributed by atoms with Crippen LogP contribution in [-0.2, 0) is 7.05 Å². The molecule has 78 valence electrons. The Balaban J connectivity index is 2.25. The van der Waals surface area contributed by atoms with Gasteiger partial charge >= 0.3 is 0 Å². The van der Waals surface area contributed by atoms with Gasteiger partial charge in [0.1, 0.15) is 5.75 Å². The number of pyridine rings is 1. The van der Waals surface area contributed by atoms with Gasteiger partial charge in [0.2, 0.25) is 5.88 Å². The Morgan fingerprint density at radius 3 is 2.73 bits per heavy atom. The first-order valence-electron chi connectivity index (χ1n) is 4.54. The van der Waals surface area contributed by atoms with Crippen molar-refractivity contribution in [1.82, 2.24) is 14.8 Å². The van der Waals surface area contributed by atoms with Gasteiger partial charge < -0.3 is 10.5 Å². The van der Waals surface area contributed by atoms with E-state index >= 15 is 0 Å². The molecule has 2 aromatic rings. The van der Waals surface area contributed by atoms with E-state index < -0.39 is 0 Å². The van der Waals surface area contributed by atoms with Crippen LogP contribution >= 0.6 is 0 Å². The third-order valence-electron chi connectivity index (χ3n) is 1.92. The fourth-order valence-electron chi connectivity index (χ4n) is 1.29. The second-order valence-corrected chi connectivity index (χ2v) is 3.30. The van der Waals surface area contributed by atoms with Gasteiger partial charge in [-0.15, -0.1) is 0 Å². The predicted octanol–water partition coefficient (Wildman–Crippen LogP) is 1.50. The summed E-state index contributed by atoms with van der Waals surface area (Å²) in [5, 5.41) is 4.17. The highest BCUT2D eigenvalue weighted by atomic mass is 16.5. The first-order valence-corrected chi connectivity index (χ1v) is 4.54. The number of nitrogens with two attached hydrogens (primary N) is 1. The molecule has 15 heavy (non-hydrogen) atoms. The van der Waals surface area contributed by atoms with Crippen LogP contribution in [0.5, 0.6) is 11.6 Å². The minimum absolute atomic E-state index is 0.575. The van der Waals surface area contributed by atoms with Crippen LogP contribution in [0.1, 0.15) is 5.69 Å². The Morgan fingerprint density at radius 1 is 1.33 bits per heavy atom. The average Bonchev–Trinajstić information content (AvgIpc) is 2.45. The lowest BCUT2D eigenvalue weighted by atomic mass is 10.4. The highest BCUT2D eigenvalue weighted by Gasteiger charge is 2.04. The Labute approximate surface area is 87.5 Å². The summed E-state index contributed by atoms with van der Waals surface area (Å²) in [5.41, 5.74) is 7.07. The molecule has 0 aliphatic carbocycles. The van der Waals surface area contributed by atoms with Crippen LogP contribution in [0.4, 0.5) is 5.69 Å². The van der Waals surface area contributed by atoms with Crippen LogP contribution in [0.15, 0.2) is 24.5 Å². The summed E-state index contributed by atoms with van der Waals surface area (Å²) in [7, 11) is 1.82. The van der Waals surface area contributed by atoms with Crippen molar-refractivity contribution >= 4 is 5.69 Å². The molecule has 0 saturated carbocycles. The van der Waals surface area contributed by atoms with Crippen LogP contribution in [0.2, 0.25) is 0 Å². The molecule has 0 fully saturated rings. The van der Waals surface area contributed by atoms with Crippen LogP contribution in [-0.4, -0.2) is 14.8 Å². The van der Waals surface area contributed by atoms with Crippen molar-refractivity contribution in [2.24, 2.45) is 7.05 Å². The van der Waals surface area contributed by atoms with Gasteiger partial charge in [-0.05, 0) is 6.92 Å². The molecule has 2 heterocycles. The van der Waals surface area contributed by atoms with E-state index in [-0.39, 0.29) is 0 Å². The maximum Gasteiger partial charge on any atom is 0.217 e. The van der Waals surface area contributed by atoms with E-state index in [9.17, 15) is 0 Å². The maximum atomic E-state index is 5.59. The maximum absolute atomic E-state index is 5.59. The van der Waals surface area contributed by atoms with Crippen LogP contribution in [0.25, 0.3) is 0 Å². The Hall–Kier alpha value is -2.04. The molecule has 0 amide bonds. The van der Waals surface area contributed by atoms with Crippen LogP contribution in [0, 0.1) is 6.92 Å². The second kappa shape index (κ2) is 3.61. The number of aromatic nitrogens is 3. The predicted molar refractivity (Wildman–Crippen MR) is 56.7 cm³/mol. The fourth-order valence-corrected chi connectivity index (χ4v) is 1.29. The van der Waals surface area contributed by atoms with E-state index in [1.54, 1.807) is 23.1 Å². The standard InChI is InChI=1S/C10H12N4O/c1-7-3-10(14(2)13-7)15-9-4-8(11)5-12-6-9/h3-6H,11H2,1-2H3. The Morgan fingerprint density at radius 2 is 2.13 bits per heavy atom. The molecule has 5 heteroatoms. The topological polar surface area (TPSA) is 66.0 Å². The zero-order valence-corrected chi connectivity index (χ0v) is 8.64. The molecule has 0 saturated heterocycles. The van der Waals surface area contributed by atoms with Gasteiger partial charge in [0.25, 0.3) is 0 Å². The number of aryl methyl sites for hydroxylation is 2. The molecule has 0 aliphatic heterocycles. The fraction of sp³-hybridized carbons (Fsp3) is 0.200. The average molecular weight is 204 g/mol. The first kappa shape index (κ1) is 9.51. The zero-order chi connectivity index (χ0) is 10.8. The molecule has 0 atom stereocenters. The van der Waals surface area contributed by atoms with Gasteiger partial charge in [0.15, 0.2) is 0 Å². The molecule has 5 nitrogen and oxygen atoms in total. The third-order valence-corrected chi connectivity index (χ3v) is 1.92. The van der Waals surface area contributed by atoms with E-state index in [2.05, 4.69) is 10.1 Å². The van der Waals surface area contributed by atoms with Crippen LogP contribution in [0.3, 0.4) is 0 Å². The molecule has 2 N–H and O–H groups in total. The van der Waals surface area contributed by atoms with Crippen molar-refractivity contribution in [2.75, 3.05) is 5.73 Å². The normalized spacial score (nSPS) is 10.3. The van der Waals surface area contributed by atoms with Crippen molar-refractivity contribution < 1.29 is 4.74 Å². The summed E-state index contributed by atoms with van der Waals surface area (Å²) in [5.74, 6) is 1.28. The van der Waals surface area contributed by atoms with E-state index in [1.165, 1.54) is 0 Å². The van der Waals surface area contributed by atoms with Crippen molar-refractivity contribution in [3.8, 4) is 11.6 Å². The molecule has 0 unspecified atom stereocenters. The van der Waals surface area contributed by atoms with Gasteiger partial charge in [-0.1, -0.05) is 0 Å². The van der Waals surface area contributed by atoms with Gasteiger partial charge in [-0.2, -0.15) is 5.10 Å². The minimum atomic E-state index is 0.575. The molecule has 0 spiro atoms. The summed E-state index contributed by atoms with van der Waals surface area (Å²) in [4.78, 5) is 3.94. The lowest BCUT2D eigenvalue weighted by molar-refractivity contribution is 0.429. The molecule has 0 aromatic carbocycles. The summed E-state index contributed by atoms with van der Waals surface area (Å²) < 4.78 is 7.23. The second-order valence-electron chi connectivity index (χ2n) is 3.30. The van der Waals surface area contributed by atoms with E-state index in [4.69, 9.17) is 10.5 Å². The summed E-state index contributed by atoms with van der Waals surface area (Å²) in [6.45, 7) is 1.91. The van der Waals surface area contributed by atoms with Crippen molar-refractivity contribution in [1.29, 1.82) is 0 Å². The number of ether oxygens (including phenoxy) is 1. The Bertz CT molecular complexity index is 478. The van der Waals surface area contributed by atoms with Crippen molar-refractivity contribution in [3.63, 3.8) is 0 Å². The van der Waals surface area contributed by atoms with Gasteiger partial charge in [-0.25, -0.2) is 4.68 Å². The molecule has 0 radical (unpaired) electrons. The van der Waals surface area contributed by atoms with Crippen molar-refractivity contribution in [3.05, 3.63) is 30.2 Å². The van der Waals surface area contributed by atoms with Gasteiger partial charge in [-0.3, -0.25) is 4.98 Å². The van der Waals surface area contributed by atoms with Crippen molar-refractivity contribution in [2.45, 2.75) is 6.92 Å². The number of nitrogens with zero attached hydrogens (tertiary/aromatic N) is 3. The van der Waals surface area contributed by atoms with E-state index in [0.29, 0.717) is 17.3 Å². The largest absolute Gasteiger partial charge is 0.438 e. The smallest absolute Gasteiger partial charge is 0.217 e. The first-order chi connectivity index (χ1) is 7.15. The summed E-state index contributed by atoms with van der Waals surface area (Å²) in [6.07, 6.45) is 3.18. The quantitative estimate of drug-likeness (QED) is 0.805. The monoisotopic (exact) mass is 204 g/mol. The van der Waals surface area contributed by atoms with Gasteiger partial charge in [0.05, 0.1) is 23.8 Å². The number of hydrogen-bond acceptors (Lipinski definition) is 4. The lowest BCUT2D eigenvalue weighted by Crippen LogP contribution is -1.96. The molecule has 0 aliphatic rings. The molecule has 2 aromatic heterocycles. The number of hydrogen-bond donors (Lipinski definition) is 1. The number of anilines is 1. The molecule has 2 rings (SSSR count). The summed E-state index contributed by atoms with van der Waals surface area (Å²) >= 11 is 0. The van der Waals surface area contributed by atoms with Gasteiger partial charge in [0, 0.05) is 19.2 Å². The number of rotatable bonds is 2. The zero-order valence-electron chi connectivity index (χ0n) is 8.64. The lowest BCUT2D eigenvalue weighted by Gasteiger charge is -2.04. The number of nitrogen functional groups attached to an aromatic ring is 1. The van der Waals surface area contributed by atoms with E-state index in [0.717, 1.165) is 5.69 Å². The van der Waals surface area contributed by atoms with Crippen LogP contribution < -0.4 is 10.5 Å². The summed E-state index contributed by atoms with van der Waals surface area (Å²) in [6, 6.07) is 3.57. The highest BCUT2D eigenvalue weighted by molar-refractivity contribution is 5.41. The molecular weight excluding hydrogens is 192 g/mol. The third kappa shape index (κ3) is 2.07. The molecular formula is C10H12N4O. The minimum Gasteiger partial charge on any atom is -0.438 e. The SMILES string of the molecule is Cc1cc(Oc2cncc(N)c2)n(C)n1. The Kier molecular flexibility index (Phi) is 2.29. The van der Waals surface area contributed by atoms with E-state index in [1.807, 2.05) is 20.0 Å². The molecule has 0 bridgehead atoms.